The van der Waals surface area contributed by atoms with E-state index in [1.165, 1.54) is 34.9 Å². The molecule has 1 aromatic carbocycles. The van der Waals surface area contributed by atoms with E-state index < -0.39 is 0 Å². The molecule has 2 atom stereocenters. The molecule has 2 aromatic rings. The van der Waals surface area contributed by atoms with Gasteiger partial charge in [0.05, 0.1) is 5.02 Å². The van der Waals surface area contributed by atoms with Crippen molar-refractivity contribution in [3.8, 4) is 0 Å². The predicted octanol–water partition coefficient (Wildman–Crippen LogP) is 6.64. The quantitative estimate of drug-likeness (QED) is 0.327. The molecule has 1 aliphatic carbocycles. The summed E-state index contributed by atoms with van der Waals surface area (Å²) < 4.78 is 1.23. The molecule has 1 heterocycles. The smallest absolute Gasteiger partial charge is 0.159 e. The van der Waals surface area contributed by atoms with Gasteiger partial charge in [-0.05, 0) is 42.9 Å². The second-order valence-electron chi connectivity index (χ2n) is 6.65. The second-order valence-corrected chi connectivity index (χ2v) is 7.97. The van der Waals surface area contributed by atoms with Gasteiger partial charge in [0, 0.05) is 54.1 Å². The van der Waals surface area contributed by atoms with Gasteiger partial charge in [-0.1, -0.05) is 49.1 Å². The van der Waals surface area contributed by atoms with Gasteiger partial charge in [0.2, 0.25) is 0 Å². The zero-order valence-corrected chi connectivity index (χ0v) is 19.0. The van der Waals surface area contributed by atoms with Gasteiger partial charge in [-0.15, -0.1) is 11.3 Å². The molecule has 3 rings (SSSR count). The molecule has 0 amide bonds. The molecule has 4 heteroatoms. The van der Waals surface area contributed by atoms with Crippen molar-refractivity contribution in [2.75, 3.05) is 0 Å². The fourth-order valence-corrected chi connectivity index (χ4v) is 4.99. The normalized spacial score (nSPS) is 19.5. The summed E-state index contributed by atoms with van der Waals surface area (Å²) in [6.45, 7) is 3.89. The Morgan fingerprint density at radius 2 is 2.00 bits per heavy atom. The van der Waals surface area contributed by atoms with E-state index in [-0.39, 0.29) is 38.6 Å². The summed E-state index contributed by atoms with van der Waals surface area (Å²) in [5.41, 5.74) is 1.27. The molecule has 1 nitrogen and oxygen atoms in total. The molecule has 0 bridgehead atoms. The number of hydrogen-bond donors (Lipinski definition) is 0. The summed E-state index contributed by atoms with van der Waals surface area (Å²) in [5.74, 6) is 0.873. The van der Waals surface area contributed by atoms with Crippen molar-refractivity contribution in [1.29, 1.82) is 0 Å². The standard InChI is InChI=1S/C21H24ClOS.Y/c1-2-3-4-5-7-15-11-13-19(23)17(15)12-10-16-8-6-9-20-21(16)18(22)14-24-20;/h6,8-9,11,13-15,17H,1-5,7,10,12H2;/q-1;/t15-,17+;/m0./s1. The molecule has 0 unspecified atom stereocenters. The van der Waals surface area contributed by atoms with Crippen LogP contribution < -0.4 is 0 Å². The number of halogens is 1. The Bertz CT molecular complexity index is 737. The molecule has 25 heavy (non-hydrogen) atoms. The number of carbonyl (C=O) groups is 1. The van der Waals surface area contributed by atoms with Crippen molar-refractivity contribution in [2.45, 2.75) is 44.9 Å². The Balaban J connectivity index is 0.00000225. The van der Waals surface area contributed by atoms with Crippen LogP contribution in [0.4, 0.5) is 0 Å². The molecular weight excluding hydrogens is 425 g/mol. The molecule has 0 aliphatic heterocycles. The Labute approximate surface area is 185 Å². The van der Waals surface area contributed by atoms with E-state index in [2.05, 4.69) is 31.2 Å². The van der Waals surface area contributed by atoms with E-state index in [1.807, 2.05) is 5.38 Å². The van der Waals surface area contributed by atoms with E-state index >= 15 is 0 Å². The third-order valence-corrected chi connectivity index (χ3v) is 6.42. The summed E-state index contributed by atoms with van der Waals surface area (Å²) in [6.07, 6.45) is 11.5. The maximum absolute atomic E-state index is 12.3. The third kappa shape index (κ3) is 5.25. The van der Waals surface area contributed by atoms with Crippen molar-refractivity contribution >= 4 is 38.8 Å². The van der Waals surface area contributed by atoms with Gasteiger partial charge in [-0.25, -0.2) is 0 Å². The SMILES string of the molecule is [CH2-]CCCCC[C@H]1C=CC(=O)[C@@H]1CCc1cccc2scc(Cl)c12.[Y]. The predicted molar refractivity (Wildman–Crippen MR) is 105 cm³/mol. The first-order chi connectivity index (χ1) is 11.7. The Morgan fingerprint density at radius 3 is 2.80 bits per heavy atom. The van der Waals surface area contributed by atoms with Gasteiger partial charge in [-0.2, -0.15) is 6.42 Å². The molecule has 1 radical (unpaired) electrons. The van der Waals surface area contributed by atoms with Gasteiger partial charge in [-0.3, -0.25) is 4.79 Å². The van der Waals surface area contributed by atoms with Crippen molar-refractivity contribution < 1.29 is 37.5 Å². The average molecular weight is 449 g/mol. The van der Waals surface area contributed by atoms with Gasteiger partial charge in [0.25, 0.3) is 0 Å². The summed E-state index contributed by atoms with van der Waals surface area (Å²) in [5, 5.41) is 4.02. The van der Waals surface area contributed by atoms with Gasteiger partial charge in [0.15, 0.2) is 5.78 Å². The van der Waals surface area contributed by atoms with Crippen molar-refractivity contribution in [3.63, 3.8) is 0 Å². The minimum Gasteiger partial charge on any atom is -0.343 e. The molecule has 0 spiro atoms. The van der Waals surface area contributed by atoms with Crippen LogP contribution in [-0.4, -0.2) is 5.78 Å². The van der Waals surface area contributed by atoms with E-state index in [4.69, 9.17) is 11.6 Å². The number of ketones is 1. The van der Waals surface area contributed by atoms with Crippen LogP contribution in [0.25, 0.3) is 10.1 Å². The monoisotopic (exact) mass is 448 g/mol. The molecule has 131 valence electrons. The first kappa shape index (κ1) is 21.3. The maximum Gasteiger partial charge on any atom is 0.159 e. The third-order valence-electron chi connectivity index (χ3n) is 5.04. The second kappa shape index (κ2) is 10.4. The van der Waals surface area contributed by atoms with E-state index in [1.54, 1.807) is 17.4 Å². The van der Waals surface area contributed by atoms with Crippen LogP contribution in [0.15, 0.2) is 35.7 Å². The first-order valence-corrected chi connectivity index (χ1v) is 10.1. The summed E-state index contributed by atoms with van der Waals surface area (Å²) in [6, 6.07) is 6.36. The number of hydrogen-bond acceptors (Lipinski definition) is 2. The van der Waals surface area contributed by atoms with Crippen molar-refractivity contribution in [3.05, 3.63) is 53.2 Å². The van der Waals surface area contributed by atoms with Gasteiger partial charge >= 0.3 is 0 Å². The largest absolute Gasteiger partial charge is 0.343 e. The van der Waals surface area contributed by atoms with Gasteiger partial charge in [0.1, 0.15) is 0 Å². The number of benzene rings is 1. The summed E-state index contributed by atoms with van der Waals surface area (Å²) in [7, 11) is 0. The Morgan fingerprint density at radius 1 is 1.16 bits per heavy atom. The number of unbranched alkanes of at least 4 members (excludes halogenated alkanes) is 3. The van der Waals surface area contributed by atoms with E-state index in [0.717, 1.165) is 30.7 Å². The molecule has 1 aromatic heterocycles. The fraction of sp³-hybridized carbons (Fsp3) is 0.429. The van der Waals surface area contributed by atoms with Crippen molar-refractivity contribution in [1.82, 2.24) is 0 Å². The maximum atomic E-state index is 12.3. The van der Waals surface area contributed by atoms with Crippen molar-refractivity contribution in [2.24, 2.45) is 11.8 Å². The summed E-state index contributed by atoms with van der Waals surface area (Å²) >= 11 is 8.04. The molecule has 0 saturated carbocycles. The molecule has 0 saturated heterocycles. The van der Waals surface area contributed by atoms with Crippen LogP contribution in [-0.2, 0) is 43.9 Å². The molecular formula is C21H24ClOSY-. The number of fused-ring (bicyclic) bond motifs is 1. The number of carbonyl (C=O) groups excluding carboxylic acids is 1. The Kier molecular flexibility index (Phi) is 8.81. The fourth-order valence-electron chi connectivity index (χ4n) is 3.71. The number of allylic oxidation sites excluding steroid dienone is 2. The van der Waals surface area contributed by atoms with Gasteiger partial charge < -0.3 is 6.92 Å². The van der Waals surface area contributed by atoms with Crippen LogP contribution in [0, 0.1) is 18.8 Å². The minimum atomic E-state index is 0. The Hall–Kier alpha value is -0.0161. The first-order valence-electron chi connectivity index (χ1n) is 8.86. The zero-order chi connectivity index (χ0) is 16.9. The van der Waals surface area contributed by atoms with Crippen LogP contribution in [0.1, 0.15) is 44.1 Å². The van der Waals surface area contributed by atoms with Crippen LogP contribution >= 0.6 is 22.9 Å². The minimum absolute atomic E-state index is 0. The number of rotatable bonds is 8. The van der Waals surface area contributed by atoms with Crippen LogP contribution in [0.5, 0.6) is 0 Å². The van der Waals surface area contributed by atoms with E-state index in [0.29, 0.717) is 11.7 Å². The molecule has 0 N–H and O–H groups in total. The summed E-state index contributed by atoms with van der Waals surface area (Å²) in [4.78, 5) is 12.3. The average Bonchev–Trinajstić information content (AvgIpc) is 3.14. The van der Waals surface area contributed by atoms with Crippen LogP contribution in [0.3, 0.4) is 0 Å². The molecule has 0 fully saturated rings. The van der Waals surface area contributed by atoms with E-state index in [9.17, 15) is 4.79 Å². The zero-order valence-electron chi connectivity index (χ0n) is 14.5. The topological polar surface area (TPSA) is 17.1 Å². The number of aryl methyl sites for hydroxylation is 1. The number of thiophene rings is 1. The van der Waals surface area contributed by atoms with Crippen LogP contribution in [0.2, 0.25) is 5.02 Å². The molecule has 1 aliphatic rings.